The molecule has 2 heterocycles. The van der Waals surface area contributed by atoms with Crippen LogP contribution in [0.25, 0.3) is 0 Å². The molecule has 1 fully saturated rings. The Morgan fingerprint density at radius 1 is 1.12 bits per heavy atom. The molecular weight excluding hydrogens is 322 g/mol. The summed E-state index contributed by atoms with van der Waals surface area (Å²) in [6.07, 6.45) is 0.706. The molecule has 4 rings (SSSR count). The molecule has 0 N–H and O–H groups in total. The van der Waals surface area contributed by atoms with E-state index in [1.165, 1.54) is 0 Å². The standard InChI is InChI=1S/C18H19NO3S.CH4/c1-2-19-12-11-18(19)17(14-7-4-3-5-8-14)15-9-6-10-16(13-15)23(20,21)22-18;/h3-10,13,17H,2,11-12H2,1H3;1H4. The van der Waals surface area contributed by atoms with Gasteiger partial charge in [-0.25, -0.2) is 4.18 Å². The van der Waals surface area contributed by atoms with Crippen molar-refractivity contribution in [2.24, 2.45) is 0 Å². The zero-order chi connectivity index (χ0) is 16.1. The van der Waals surface area contributed by atoms with Crippen LogP contribution in [0.1, 0.15) is 37.8 Å². The second-order valence-corrected chi connectivity index (χ2v) is 7.67. The van der Waals surface area contributed by atoms with Gasteiger partial charge in [-0.15, -0.1) is 0 Å². The molecule has 2 bridgehead atoms. The predicted molar refractivity (Wildman–Crippen MR) is 94.3 cm³/mol. The van der Waals surface area contributed by atoms with Gasteiger partial charge in [0.25, 0.3) is 10.1 Å². The fraction of sp³-hybridized carbons (Fsp3) is 0.368. The van der Waals surface area contributed by atoms with E-state index < -0.39 is 15.8 Å². The summed E-state index contributed by atoms with van der Waals surface area (Å²) in [5, 5.41) is 0. The number of benzene rings is 2. The quantitative estimate of drug-likeness (QED) is 0.780. The Morgan fingerprint density at radius 3 is 2.46 bits per heavy atom. The van der Waals surface area contributed by atoms with E-state index in [2.05, 4.69) is 4.90 Å². The van der Waals surface area contributed by atoms with E-state index in [0.717, 1.165) is 24.2 Å². The summed E-state index contributed by atoms with van der Waals surface area (Å²) >= 11 is 0. The molecule has 0 saturated carbocycles. The molecule has 2 aliphatic heterocycles. The third kappa shape index (κ3) is 2.39. The van der Waals surface area contributed by atoms with Crippen molar-refractivity contribution in [2.75, 3.05) is 13.1 Å². The summed E-state index contributed by atoms with van der Waals surface area (Å²) in [6.45, 7) is 3.65. The Labute approximate surface area is 144 Å². The Morgan fingerprint density at radius 2 is 1.83 bits per heavy atom. The first-order valence-electron chi connectivity index (χ1n) is 7.92. The average Bonchev–Trinajstić information content (AvgIpc) is 2.61. The van der Waals surface area contributed by atoms with Crippen molar-refractivity contribution in [3.8, 4) is 0 Å². The van der Waals surface area contributed by atoms with E-state index in [-0.39, 0.29) is 18.2 Å². The van der Waals surface area contributed by atoms with Gasteiger partial charge < -0.3 is 0 Å². The first-order chi connectivity index (χ1) is 11.1. The molecule has 128 valence electrons. The molecule has 2 atom stereocenters. The number of hydrogen-bond donors (Lipinski definition) is 0. The lowest BCUT2D eigenvalue weighted by atomic mass is 9.76. The van der Waals surface area contributed by atoms with Crippen molar-refractivity contribution in [3.05, 3.63) is 65.7 Å². The van der Waals surface area contributed by atoms with E-state index >= 15 is 0 Å². The summed E-state index contributed by atoms with van der Waals surface area (Å²) in [5.74, 6) is -0.116. The molecule has 0 aromatic heterocycles. The largest absolute Gasteiger partial charge is 0.298 e. The fourth-order valence-electron chi connectivity index (χ4n) is 3.83. The average molecular weight is 345 g/mol. The predicted octanol–water partition coefficient (Wildman–Crippen LogP) is 3.60. The van der Waals surface area contributed by atoms with Crippen LogP contribution in [0.3, 0.4) is 0 Å². The molecule has 5 heteroatoms. The van der Waals surface area contributed by atoms with Crippen molar-refractivity contribution in [2.45, 2.75) is 37.3 Å². The van der Waals surface area contributed by atoms with E-state index in [9.17, 15) is 8.42 Å². The minimum atomic E-state index is -3.75. The Bertz CT molecular complexity index is 833. The van der Waals surface area contributed by atoms with E-state index in [1.54, 1.807) is 18.2 Å². The highest BCUT2D eigenvalue weighted by Crippen LogP contribution is 2.50. The number of likely N-dealkylation sites (tertiary alicyclic amines) is 1. The Hall–Kier alpha value is -1.69. The van der Waals surface area contributed by atoms with Gasteiger partial charge >= 0.3 is 0 Å². The number of rotatable bonds is 2. The smallest absolute Gasteiger partial charge is 0.274 e. The van der Waals surface area contributed by atoms with Gasteiger partial charge in [0, 0.05) is 13.0 Å². The van der Waals surface area contributed by atoms with Crippen LogP contribution in [0.4, 0.5) is 0 Å². The first-order valence-corrected chi connectivity index (χ1v) is 9.33. The summed E-state index contributed by atoms with van der Waals surface area (Å²) in [7, 11) is -3.75. The van der Waals surface area contributed by atoms with Gasteiger partial charge in [0.15, 0.2) is 5.72 Å². The summed E-state index contributed by atoms with van der Waals surface area (Å²) < 4.78 is 31.2. The van der Waals surface area contributed by atoms with Crippen LogP contribution in [0.2, 0.25) is 0 Å². The minimum Gasteiger partial charge on any atom is -0.274 e. The van der Waals surface area contributed by atoms with Gasteiger partial charge in [-0.05, 0) is 29.8 Å². The molecule has 0 amide bonds. The highest BCUT2D eigenvalue weighted by Gasteiger charge is 2.56. The van der Waals surface area contributed by atoms with Crippen LogP contribution >= 0.6 is 0 Å². The van der Waals surface area contributed by atoms with E-state index in [4.69, 9.17) is 4.18 Å². The zero-order valence-electron chi connectivity index (χ0n) is 13.0. The van der Waals surface area contributed by atoms with E-state index in [0.29, 0.717) is 6.42 Å². The van der Waals surface area contributed by atoms with Crippen LogP contribution in [0, 0.1) is 0 Å². The molecule has 2 unspecified atom stereocenters. The van der Waals surface area contributed by atoms with Gasteiger partial charge in [0.1, 0.15) is 0 Å². The molecule has 2 aromatic rings. The van der Waals surface area contributed by atoms with Crippen molar-refractivity contribution >= 4 is 10.1 Å². The third-order valence-electron chi connectivity index (χ3n) is 4.98. The zero-order valence-corrected chi connectivity index (χ0v) is 13.8. The molecule has 24 heavy (non-hydrogen) atoms. The van der Waals surface area contributed by atoms with Crippen LogP contribution < -0.4 is 0 Å². The molecule has 2 aliphatic rings. The van der Waals surface area contributed by atoms with Crippen LogP contribution in [0.5, 0.6) is 0 Å². The monoisotopic (exact) mass is 345 g/mol. The third-order valence-corrected chi connectivity index (χ3v) is 6.31. The lowest BCUT2D eigenvalue weighted by molar-refractivity contribution is -0.164. The molecule has 4 nitrogen and oxygen atoms in total. The highest BCUT2D eigenvalue weighted by atomic mass is 32.2. The van der Waals surface area contributed by atoms with Crippen molar-refractivity contribution in [1.29, 1.82) is 0 Å². The van der Waals surface area contributed by atoms with Crippen molar-refractivity contribution < 1.29 is 12.6 Å². The minimum absolute atomic E-state index is 0. The summed E-state index contributed by atoms with van der Waals surface area (Å²) in [6, 6.07) is 17.2. The summed E-state index contributed by atoms with van der Waals surface area (Å²) in [4.78, 5) is 2.37. The molecule has 2 aromatic carbocycles. The van der Waals surface area contributed by atoms with Crippen molar-refractivity contribution in [1.82, 2.24) is 4.90 Å². The van der Waals surface area contributed by atoms with Gasteiger partial charge in [-0.3, -0.25) is 4.90 Å². The van der Waals surface area contributed by atoms with Crippen LogP contribution in [0.15, 0.2) is 59.5 Å². The second kappa shape index (κ2) is 5.99. The lowest BCUT2D eigenvalue weighted by Gasteiger charge is -2.54. The first kappa shape index (κ1) is 17.1. The van der Waals surface area contributed by atoms with Gasteiger partial charge in [-0.1, -0.05) is 56.8 Å². The maximum absolute atomic E-state index is 12.7. The molecule has 1 saturated heterocycles. The number of fused-ring (bicyclic) bond motifs is 2. The fourth-order valence-corrected chi connectivity index (χ4v) is 5.12. The number of hydrogen-bond acceptors (Lipinski definition) is 4. The summed E-state index contributed by atoms with van der Waals surface area (Å²) in [5.41, 5.74) is 1.26. The molecule has 1 spiro atoms. The normalized spacial score (nSPS) is 27.8. The molecule has 0 radical (unpaired) electrons. The molecular formula is C19H23NO3S. The van der Waals surface area contributed by atoms with Crippen LogP contribution in [-0.4, -0.2) is 32.1 Å². The second-order valence-electron chi connectivity index (χ2n) is 6.13. The maximum Gasteiger partial charge on any atom is 0.298 e. The highest BCUT2D eigenvalue weighted by molar-refractivity contribution is 7.86. The van der Waals surface area contributed by atoms with Crippen LogP contribution in [-0.2, 0) is 14.3 Å². The number of nitrogens with zero attached hydrogens (tertiary/aromatic N) is 1. The molecule has 0 aliphatic carbocycles. The van der Waals surface area contributed by atoms with E-state index in [1.807, 2.05) is 43.3 Å². The van der Waals surface area contributed by atoms with Crippen molar-refractivity contribution in [3.63, 3.8) is 0 Å². The number of likely N-dealkylation sites (N-methyl/N-ethyl adjacent to an activating group) is 1. The van der Waals surface area contributed by atoms with Gasteiger partial charge in [0.2, 0.25) is 0 Å². The Balaban J connectivity index is 0.00000169. The van der Waals surface area contributed by atoms with Gasteiger partial charge in [0.05, 0.1) is 10.8 Å². The topological polar surface area (TPSA) is 46.6 Å². The lowest BCUT2D eigenvalue weighted by Crippen LogP contribution is -2.64. The Kier molecular flexibility index (Phi) is 4.28. The SMILES string of the molecule is C.CCN1CCC12OS(=O)(=O)c1cccc(c1)C2c1ccccc1. The van der Waals surface area contributed by atoms with Gasteiger partial charge in [-0.2, -0.15) is 8.42 Å². The maximum atomic E-state index is 12.7.